The first-order valence-electron chi connectivity index (χ1n) is 9.82. The van der Waals surface area contributed by atoms with Gasteiger partial charge in [0.15, 0.2) is 5.76 Å². The van der Waals surface area contributed by atoms with E-state index in [4.69, 9.17) is 19.0 Å². The summed E-state index contributed by atoms with van der Waals surface area (Å²) in [6, 6.07) is 6.88. The zero-order chi connectivity index (χ0) is 21.3. The third kappa shape index (κ3) is 3.60. The van der Waals surface area contributed by atoms with Gasteiger partial charge in [0.05, 0.1) is 42.8 Å². The summed E-state index contributed by atoms with van der Waals surface area (Å²) in [4.78, 5) is 24.3. The van der Waals surface area contributed by atoms with Crippen LogP contribution in [0.4, 0.5) is 0 Å². The topological polar surface area (TPSA) is 90.6 Å². The van der Waals surface area contributed by atoms with Crippen LogP contribution in [-0.2, 0) is 0 Å². The first-order chi connectivity index (χ1) is 14.5. The Labute approximate surface area is 174 Å². The second-order valence-corrected chi connectivity index (χ2v) is 7.27. The molecule has 4 rings (SSSR count). The molecule has 1 aliphatic heterocycles. The van der Waals surface area contributed by atoms with E-state index < -0.39 is 0 Å². The van der Waals surface area contributed by atoms with Gasteiger partial charge in [-0.2, -0.15) is 0 Å². The van der Waals surface area contributed by atoms with Crippen LogP contribution in [0.15, 0.2) is 35.0 Å². The third-order valence-corrected chi connectivity index (χ3v) is 5.30. The predicted octanol–water partition coefficient (Wildman–Crippen LogP) is 3.74. The maximum atomic E-state index is 13.5. The van der Waals surface area contributed by atoms with E-state index in [1.807, 2.05) is 24.8 Å². The predicted molar refractivity (Wildman–Crippen MR) is 110 cm³/mol. The van der Waals surface area contributed by atoms with E-state index >= 15 is 0 Å². The van der Waals surface area contributed by atoms with Gasteiger partial charge in [0.1, 0.15) is 17.3 Å². The molecule has 2 aromatic heterocycles. The highest BCUT2D eigenvalue weighted by Crippen LogP contribution is 2.38. The summed E-state index contributed by atoms with van der Waals surface area (Å²) in [6.45, 7) is 4.34. The molecule has 1 fully saturated rings. The number of carbonyl (C=O) groups is 1. The molecule has 1 amide bonds. The van der Waals surface area contributed by atoms with E-state index in [1.54, 1.807) is 38.6 Å². The van der Waals surface area contributed by atoms with E-state index in [0.717, 1.165) is 29.8 Å². The molecule has 0 spiro atoms. The highest BCUT2D eigenvalue weighted by Gasteiger charge is 2.35. The molecule has 3 aromatic rings. The molecule has 1 atom stereocenters. The molecule has 3 heterocycles. The van der Waals surface area contributed by atoms with Crippen molar-refractivity contribution in [2.24, 2.45) is 0 Å². The molecule has 0 bridgehead atoms. The number of nitrogens with zero attached hydrogens (tertiary/aromatic N) is 4. The standard InChI is InChI=1S/C22H24N4O4/c1-13-10-20(30-25-13)17-12-23-14(2)24-21(17)18-6-5-9-26(18)22(27)16-8-7-15(28-3)11-19(16)29-4/h7-8,10-12,18H,5-6,9H2,1-4H3/t18-/m1/s1. The zero-order valence-corrected chi connectivity index (χ0v) is 17.5. The Hall–Kier alpha value is -3.42. The summed E-state index contributed by atoms with van der Waals surface area (Å²) >= 11 is 0. The van der Waals surface area contributed by atoms with Crippen molar-refractivity contribution >= 4 is 5.91 Å². The number of ether oxygens (including phenoxy) is 2. The van der Waals surface area contributed by atoms with Gasteiger partial charge >= 0.3 is 0 Å². The number of aryl methyl sites for hydroxylation is 2. The number of amides is 1. The van der Waals surface area contributed by atoms with Gasteiger partial charge in [-0.05, 0) is 38.8 Å². The molecule has 1 aliphatic rings. The molecular formula is C22H24N4O4. The van der Waals surface area contributed by atoms with Crippen molar-refractivity contribution in [2.45, 2.75) is 32.7 Å². The minimum absolute atomic E-state index is 0.104. The average molecular weight is 408 g/mol. The number of hydrogen-bond acceptors (Lipinski definition) is 7. The lowest BCUT2D eigenvalue weighted by atomic mass is 10.0. The van der Waals surface area contributed by atoms with Crippen LogP contribution < -0.4 is 9.47 Å². The Kier molecular flexibility index (Phi) is 5.39. The maximum absolute atomic E-state index is 13.5. The summed E-state index contributed by atoms with van der Waals surface area (Å²) in [7, 11) is 3.13. The Morgan fingerprint density at radius 1 is 1.20 bits per heavy atom. The molecule has 0 radical (unpaired) electrons. The first kappa shape index (κ1) is 19.9. The summed E-state index contributed by atoms with van der Waals surface area (Å²) in [5, 5.41) is 3.98. The maximum Gasteiger partial charge on any atom is 0.258 e. The Bertz CT molecular complexity index is 1080. The van der Waals surface area contributed by atoms with E-state index in [1.165, 1.54) is 0 Å². The highest BCUT2D eigenvalue weighted by molar-refractivity contribution is 5.97. The van der Waals surface area contributed by atoms with Crippen molar-refractivity contribution in [1.29, 1.82) is 0 Å². The molecule has 30 heavy (non-hydrogen) atoms. The zero-order valence-electron chi connectivity index (χ0n) is 17.5. The van der Waals surface area contributed by atoms with Crippen LogP contribution in [0.3, 0.4) is 0 Å². The number of aromatic nitrogens is 3. The smallest absolute Gasteiger partial charge is 0.258 e. The van der Waals surface area contributed by atoms with Crippen molar-refractivity contribution in [3.8, 4) is 22.8 Å². The van der Waals surface area contributed by atoms with Crippen LogP contribution in [-0.4, -0.2) is 46.7 Å². The van der Waals surface area contributed by atoms with Crippen molar-refractivity contribution in [2.75, 3.05) is 20.8 Å². The van der Waals surface area contributed by atoms with Crippen LogP contribution in [0.2, 0.25) is 0 Å². The Morgan fingerprint density at radius 3 is 2.73 bits per heavy atom. The monoisotopic (exact) mass is 408 g/mol. The number of likely N-dealkylation sites (tertiary alicyclic amines) is 1. The van der Waals surface area contributed by atoms with Crippen molar-refractivity contribution in [1.82, 2.24) is 20.0 Å². The fourth-order valence-electron chi connectivity index (χ4n) is 3.85. The molecule has 0 saturated carbocycles. The largest absolute Gasteiger partial charge is 0.497 e. The normalized spacial score (nSPS) is 16.0. The van der Waals surface area contributed by atoms with Gasteiger partial charge in [0.2, 0.25) is 0 Å². The molecular weight excluding hydrogens is 384 g/mol. The Balaban J connectivity index is 1.73. The lowest BCUT2D eigenvalue weighted by Gasteiger charge is -2.26. The third-order valence-electron chi connectivity index (χ3n) is 5.30. The van der Waals surface area contributed by atoms with Gasteiger partial charge in [0, 0.05) is 24.9 Å². The number of carbonyl (C=O) groups excluding carboxylic acids is 1. The molecule has 1 saturated heterocycles. The number of methoxy groups -OCH3 is 2. The van der Waals surface area contributed by atoms with Crippen LogP contribution in [0, 0.1) is 13.8 Å². The molecule has 0 N–H and O–H groups in total. The van der Waals surface area contributed by atoms with Crippen molar-refractivity contribution < 1.29 is 18.8 Å². The lowest BCUT2D eigenvalue weighted by Crippen LogP contribution is -2.31. The van der Waals surface area contributed by atoms with Crippen LogP contribution >= 0.6 is 0 Å². The fourth-order valence-corrected chi connectivity index (χ4v) is 3.85. The summed E-state index contributed by atoms with van der Waals surface area (Å²) in [5.41, 5.74) is 2.80. The van der Waals surface area contributed by atoms with E-state index in [9.17, 15) is 4.79 Å². The van der Waals surface area contributed by atoms with E-state index in [2.05, 4.69) is 10.1 Å². The minimum atomic E-state index is -0.189. The second-order valence-electron chi connectivity index (χ2n) is 7.27. The van der Waals surface area contributed by atoms with Gasteiger partial charge in [-0.1, -0.05) is 5.16 Å². The fraction of sp³-hybridized carbons (Fsp3) is 0.364. The number of benzene rings is 1. The SMILES string of the molecule is COc1ccc(C(=O)N2CCC[C@@H]2c2nc(C)ncc2-c2cc(C)no2)c(OC)c1. The molecule has 8 nitrogen and oxygen atoms in total. The molecule has 0 aliphatic carbocycles. The molecule has 0 unspecified atom stereocenters. The van der Waals surface area contributed by atoms with Crippen LogP contribution in [0.5, 0.6) is 11.5 Å². The summed E-state index contributed by atoms with van der Waals surface area (Å²) in [5.74, 6) is 2.26. The first-order valence-corrected chi connectivity index (χ1v) is 9.82. The van der Waals surface area contributed by atoms with Gasteiger partial charge in [-0.3, -0.25) is 4.79 Å². The van der Waals surface area contributed by atoms with Crippen LogP contribution in [0.25, 0.3) is 11.3 Å². The van der Waals surface area contributed by atoms with Gasteiger partial charge in [-0.15, -0.1) is 0 Å². The molecule has 1 aromatic carbocycles. The molecule has 8 heteroatoms. The van der Waals surface area contributed by atoms with Crippen LogP contribution in [0.1, 0.15) is 46.5 Å². The quantitative estimate of drug-likeness (QED) is 0.635. The minimum Gasteiger partial charge on any atom is -0.497 e. The number of hydrogen-bond donors (Lipinski definition) is 0. The summed E-state index contributed by atoms with van der Waals surface area (Å²) < 4.78 is 16.2. The van der Waals surface area contributed by atoms with E-state index in [-0.39, 0.29) is 11.9 Å². The van der Waals surface area contributed by atoms with Gasteiger partial charge in [0.25, 0.3) is 5.91 Å². The summed E-state index contributed by atoms with van der Waals surface area (Å²) in [6.07, 6.45) is 3.43. The lowest BCUT2D eigenvalue weighted by molar-refractivity contribution is 0.0729. The Morgan fingerprint density at radius 2 is 2.03 bits per heavy atom. The van der Waals surface area contributed by atoms with Crippen molar-refractivity contribution in [3.05, 3.63) is 53.2 Å². The average Bonchev–Trinajstić information content (AvgIpc) is 3.41. The van der Waals surface area contributed by atoms with Crippen molar-refractivity contribution in [3.63, 3.8) is 0 Å². The van der Waals surface area contributed by atoms with E-state index in [0.29, 0.717) is 35.2 Å². The molecule has 156 valence electrons. The number of rotatable bonds is 5. The highest BCUT2D eigenvalue weighted by atomic mass is 16.5. The van der Waals surface area contributed by atoms with Gasteiger partial charge < -0.3 is 18.9 Å². The second kappa shape index (κ2) is 8.14. The van der Waals surface area contributed by atoms with Gasteiger partial charge in [-0.25, -0.2) is 9.97 Å².